The second kappa shape index (κ2) is 42.9. The lowest BCUT2D eigenvalue weighted by atomic mass is 9.91. The van der Waals surface area contributed by atoms with Crippen LogP contribution >= 0.6 is 7.82 Å². The van der Waals surface area contributed by atoms with Crippen LogP contribution in [0.15, 0.2) is 0 Å². The van der Waals surface area contributed by atoms with Gasteiger partial charge in [0.25, 0.3) is 5.79 Å². The molecule has 9 aliphatic rings. The molecule has 9 rings (SSSR count). The molecule has 9 saturated heterocycles. The van der Waals surface area contributed by atoms with Crippen LogP contribution < -0.4 is 5.73 Å². The van der Waals surface area contributed by atoms with Crippen LogP contribution in [-0.4, -0.2) is 561 Å². The number of nitrogens with two attached hydrogens (primary N) is 1. The lowest BCUT2D eigenvalue weighted by Crippen LogP contribution is -2.71. The summed E-state index contributed by atoms with van der Waals surface area (Å²) in [4.78, 5) is 33.1. The number of hydrogen-bond acceptors (Lipinski definition) is 54. The first kappa shape index (κ1) is 101. The van der Waals surface area contributed by atoms with Crippen molar-refractivity contribution < 1.29 is 278 Å². The summed E-state index contributed by atoms with van der Waals surface area (Å²) in [5.41, 5.74) is 5.96. The molecule has 120 heavy (non-hydrogen) atoms. The Morgan fingerprint density at radius 1 is 0.367 bits per heavy atom. The first-order valence-corrected chi connectivity index (χ1v) is 38.6. The van der Waals surface area contributed by atoms with E-state index in [9.17, 15) is 193 Å². The lowest BCUT2D eigenvalue weighted by molar-refractivity contribution is -0.419. The molecule has 57 nitrogen and oxygen atoms in total. The van der Waals surface area contributed by atoms with Crippen molar-refractivity contribution in [3.05, 3.63) is 0 Å². The van der Waals surface area contributed by atoms with Crippen molar-refractivity contribution in [3.8, 4) is 0 Å². The van der Waals surface area contributed by atoms with Gasteiger partial charge in [-0.1, -0.05) is 0 Å². The SMILES string of the molecule is N[C@H]1[C@@H](OC[C@H](O)[C@H]2O[C@H](O[C@@H]3[C@@H](O[C@@H]4[C@H](O)[C@@H](O[C@H]5[C@@H]([C@H](O)CO)O[C@@](O)(C(=O)O)C[C@H]5OP(=O)(O)O)O[C@H]([C@H](CO)O[C@H]5O[C@H]([C@@H](O)CO)[C@@H](O)[C@H](O)[C@@H]5O)[C@H]4O[C@@H]4O[C@H](CO[C@H]5O[C@H]([C@@H](CO)O[C@H]6O[C@H]([C@H](O)CO)[C@@H](O)[C@H](O)[C@@H]6O)[C@@H](O)[C@H](O)[C@@H]5O)[C@@H](O)[C@H](O)[C@H]4O)O[C@H]([C@@H](O)CO)[C@@H](O)[C@@H]3O)[C@@H](O)[C@@H](O)[C@@H]2O)O[C@H](CO)[C@@H](O)[C@@H]1O. The first-order chi connectivity index (χ1) is 56.3. The molecule has 0 saturated carbocycles. The van der Waals surface area contributed by atoms with E-state index in [0.717, 1.165) is 0 Å². The number of carboxylic acids is 1. The summed E-state index contributed by atoms with van der Waals surface area (Å²) >= 11 is 0. The third kappa shape index (κ3) is 22.0. The van der Waals surface area contributed by atoms with E-state index in [-0.39, 0.29) is 0 Å². The molecule has 0 spiro atoms. The molecule has 0 aliphatic carbocycles. The number of rotatable bonds is 35. The van der Waals surface area contributed by atoms with E-state index in [4.69, 9.17) is 90.8 Å². The Bertz CT molecular complexity index is 3170. The second-order valence-corrected chi connectivity index (χ2v) is 31.0. The van der Waals surface area contributed by atoms with Crippen LogP contribution in [0.2, 0.25) is 0 Å². The van der Waals surface area contributed by atoms with E-state index < -0.39 is 392 Å². The van der Waals surface area contributed by atoms with E-state index in [1.165, 1.54) is 0 Å². The maximum atomic E-state index is 13.1. The van der Waals surface area contributed by atoms with E-state index in [2.05, 4.69) is 0 Å². The Labute approximate surface area is 674 Å². The van der Waals surface area contributed by atoms with Gasteiger partial charge in [-0.3, -0.25) is 4.52 Å². The Kier molecular flexibility index (Phi) is 36.2. The first-order valence-electron chi connectivity index (χ1n) is 37.1. The molecular formula is C62H108NO56P. The van der Waals surface area contributed by atoms with Crippen molar-refractivity contribution in [2.45, 2.75) is 319 Å². The highest BCUT2D eigenvalue weighted by Gasteiger charge is 2.64. The molecule has 0 radical (unpaired) electrons. The number of hydrogen-bond donors (Lipinski definition) is 37. The molecule has 0 bridgehead atoms. The Morgan fingerprint density at radius 3 is 1.22 bits per heavy atom. The largest absolute Gasteiger partial charge is 0.477 e. The van der Waals surface area contributed by atoms with Gasteiger partial charge >= 0.3 is 13.8 Å². The van der Waals surface area contributed by atoms with Crippen molar-refractivity contribution in [2.75, 3.05) is 59.5 Å². The average Bonchev–Trinajstić information content (AvgIpc) is 0.743. The molecule has 0 amide bonds. The minimum absolute atomic E-state index is 0.930. The quantitative estimate of drug-likeness (QED) is 0.0262. The number of aliphatic hydroxyl groups is 33. The summed E-state index contributed by atoms with van der Waals surface area (Å²) in [6.45, 7) is -11.8. The Balaban J connectivity index is 1.14. The number of carboxylic acid groups (broad SMARTS) is 1. The van der Waals surface area contributed by atoms with Gasteiger partial charge in [-0.05, 0) is 0 Å². The van der Waals surface area contributed by atoms with Crippen LogP contribution in [0.25, 0.3) is 0 Å². The zero-order valence-corrected chi connectivity index (χ0v) is 63.1. The highest BCUT2D eigenvalue weighted by molar-refractivity contribution is 7.46. The van der Waals surface area contributed by atoms with Crippen molar-refractivity contribution in [1.29, 1.82) is 0 Å². The van der Waals surface area contributed by atoms with Crippen LogP contribution in [0.1, 0.15) is 6.42 Å². The monoisotopic (exact) mass is 1790 g/mol. The molecule has 0 aromatic carbocycles. The van der Waals surface area contributed by atoms with Crippen LogP contribution in [0.5, 0.6) is 0 Å². The van der Waals surface area contributed by atoms with Crippen molar-refractivity contribution in [1.82, 2.24) is 0 Å². The average molecular weight is 1790 g/mol. The highest BCUT2D eigenvalue weighted by atomic mass is 31.2. The van der Waals surface area contributed by atoms with E-state index in [1.807, 2.05) is 0 Å². The van der Waals surface area contributed by atoms with Crippen LogP contribution in [0.3, 0.4) is 0 Å². The molecule has 9 heterocycles. The van der Waals surface area contributed by atoms with Gasteiger partial charge in [-0.15, -0.1) is 0 Å². The van der Waals surface area contributed by atoms with Gasteiger partial charge in [0.05, 0.1) is 65.5 Å². The fourth-order valence-corrected chi connectivity index (χ4v) is 15.3. The molecule has 0 aromatic rings. The van der Waals surface area contributed by atoms with Gasteiger partial charge in [0.2, 0.25) is 0 Å². The molecule has 58 heteroatoms. The second-order valence-electron chi connectivity index (χ2n) is 29.8. The lowest BCUT2D eigenvalue weighted by Gasteiger charge is -2.53. The summed E-state index contributed by atoms with van der Waals surface area (Å²) in [7, 11) is -6.10. The zero-order chi connectivity index (χ0) is 89.2. The number of aliphatic carboxylic acids is 1. The predicted octanol–water partition coefficient (Wildman–Crippen LogP) is -24.5. The van der Waals surface area contributed by atoms with Crippen LogP contribution in [0, 0.1) is 0 Å². The number of aliphatic hydroxyl groups excluding tert-OH is 32. The standard InChI is InChI=1S/C62H108NO56P/c63-21-24(78)22(76)17(6-68)104-53(21)102-9-15(75)45-32(86)28(82)40(94)58(110-45)116-51-35(89)34(88)44(13(73)4-66)111-60(51)115-50-41(95)59(113-48-16(119-120(99,100)101)1-62(98,61(96)97)118-46(48)14(74)5-67)114-49(19(8-70)106-56-39(93)27(81)31(85)43(109-56)12(72)3-65)52(50)117-57-37(91)25(79)23(77)20(107-57)10-103-54-36(90)29(83)33(87)47(112-54)18(7-69)105-55-38(92)26(80)30(84)42(108-55)11(71)2-64/h11-60,64-95,98H,1-10,63H2,(H,96,97)(H2,99,100,101)/t11-,12+,13+,14-,15+,16-,17-,18-,19+,20-,21-,22-,23-,24-,25+,26+,27+,28+,29+,30+,31+,32+,33+,34+,35+,36+,37-,38+,39+,40+,41+,42-,43-,44-,45-,46-,47-,48-,49-,50-,51+,52-,53+,54+,55+,56+,57+,58-,59+,60-,62-/m1/s1. The smallest absolute Gasteiger partial charge is 0.469 e. The highest BCUT2D eigenvalue weighted by Crippen LogP contribution is 2.47. The summed E-state index contributed by atoms with van der Waals surface area (Å²) in [5.74, 6) is -6.07. The van der Waals surface area contributed by atoms with Crippen molar-refractivity contribution in [2.24, 2.45) is 5.73 Å². The molecule has 9 aliphatic heterocycles. The molecule has 0 aromatic heterocycles. The maximum Gasteiger partial charge on any atom is 0.469 e. The number of phosphoric acid groups is 1. The van der Waals surface area contributed by atoms with Gasteiger partial charge in [-0.25, -0.2) is 9.36 Å². The minimum Gasteiger partial charge on any atom is -0.477 e. The summed E-state index contributed by atoms with van der Waals surface area (Å²) < 4.78 is 116. The van der Waals surface area contributed by atoms with Gasteiger partial charge < -0.3 is 270 Å². The molecule has 9 fully saturated rings. The van der Waals surface area contributed by atoms with E-state index in [1.54, 1.807) is 0 Å². The summed E-state index contributed by atoms with van der Waals surface area (Å²) in [6, 6.07) is -1.63. The van der Waals surface area contributed by atoms with E-state index in [0.29, 0.717) is 0 Å². The maximum absolute atomic E-state index is 13.1. The molecule has 702 valence electrons. The Morgan fingerprint density at radius 2 is 0.733 bits per heavy atom. The third-order valence-electron chi connectivity index (χ3n) is 21.6. The van der Waals surface area contributed by atoms with Crippen LogP contribution in [0.4, 0.5) is 0 Å². The fourth-order valence-electron chi connectivity index (χ4n) is 14.8. The van der Waals surface area contributed by atoms with Gasteiger partial charge in [0.1, 0.15) is 250 Å². The normalized spacial score (nSPS) is 48.8. The molecular weight excluding hydrogens is 1690 g/mol. The summed E-state index contributed by atoms with van der Waals surface area (Å²) in [5, 5.41) is 375. The molecule has 0 unspecified atom stereocenters. The van der Waals surface area contributed by atoms with Crippen molar-refractivity contribution in [3.63, 3.8) is 0 Å². The number of phosphoric ester groups is 1. The van der Waals surface area contributed by atoms with Gasteiger partial charge in [0.15, 0.2) is 50.3 Å². The topological polar surface area (TPSA) is 955 Å². The van der Waals surface area contributed by atoms with Crippen molar-refractivity contribution >= 4 is 13.8 Å². The number of ether oxygens (including phenoxy) is 17. The third-order valence-corrected chi connectivity index (χ3v) is 22.2. The molecule has 38 N–H and O–H groups in total. The number of carbonyl (C=O) groups is 1. The Hall–Kier alpha value is -2.46. The summed E-state index contributed by atoms with van der Waals surface area (Å²) in [6.07, 6.45) is -121. The van der Waals surface area contributed by atoms with E-state index >= 15 is 0 Å². The van der Waals surface area contributed by atoms with Gasteiger partial charge in [0, 0.05) is 6.42 Å². The fraction of sp³-hybridized carbons (Fsp3) is 0.984. The van der Waals surface area contributed by atoms with Gasteiger partial charge in [-0.2, -0.15) is 0 Å². The molecule has 51 atom stereocenters. The zero-order valence-electron chi connectivity index (χ0n) is 62.2. The van der Waals surface area contributed by atoms with Crippen LogP contribution in [-0.2, 0) is 94.4 Å². The minimum atomic E-state index is -6.10. The predicted molar refractivity (Wildman–Crippen MR) is 357 cm³/mol.